The van der Waals surface area contributed by atoms with E-state index in [1.54, 1.807) is 0 Å². The molecule has 2 unspecified atom stereocenters. The second kappa shape index (κ2) is 7.19. The van der Waals surface area contributed by atoms with Crippen molar-refractivity contribution in [1.29, 1.82) is 0 Å². The fourth-order valence-electron chi connectivity index (χ4n) is 3.51. The Balaban J connectivity index is 1.52. The second-order valence-corrected chi connectivity index (χ2v) is 6.66. The molecule has 116 valence electrons. The quantitative estimate of drug-likeness (QED) is 0.893. The summed E-state index contributed by atoms with van der Waals surface area (Å²) in [6, 6.07) is 6.78. The maximum atomic E-state index is 6.12. The minimum Gasteiger partial charge on any atom is -0.489 e. The molecule has 0 bridgehead atoms. The standard InChI is InChI=1S/C16H22Cl2N2O/c17-12-4-1-5-13(18)16(12)21-11-10-20-9-3-7-15(20)14-6-2-8-19-14/h1,4-5,14-15,19H,2-3,6-11H2. The molecule has 0 saturated carbocycles. The Morgan fingerprint density at radius 3 is 2.71 bits per heavy atom. The number of nitrogens with zero attached hydrogens (tertiary/aromatic N) is 1. The van der Waals surface area contributed by atoms with Crippen LogP contribution >= 0.6 is 23.2 Å². The highest BCUT2D eigenvalue weighted by Gasteiger charge is 2.32. The molecule has 0 spiro atoms. The number of halogens is 2. The molecule has 2 heterocycles. The van der Waals surface area contributed by atoms with Gasteiger partial charge >= 0.3 is 0 Å². The van der Waals surface area contributed by atoms with Crippen LogP contribution < -0.4 is 10.1 Å². The van der Waals surface area contributed by atoms with Crippen LogP contribution in [0, 0.1) is 0 Å². The molecule has 1 N–H and O–H groups in total. The van der Waals surface area contributed by atoms with Gasteiger partial charge in [0.25, 0.3) is 0 Å². The molecular weight excluding hydrogens is 307 g/mol. The number of benzene rings is 1. The lowest BCUT2D eigenvalue weighted by Crippen LogP contribution is -2.45. The second-order valence-electron chi connectivity index (χ2n) is 5.85. The van der Waals surface area contributed by atoms with Crippen LogP contribution in [-0.4, -0.2) is 43.2 Å². The molecule has 3 rings (SSSR count). The van der Waals surface area contributed by atoms with Crippen molar-refractivity contribution in [2.45, 2.75) is 37.8 Å². The topological polar surface area (TPSA) is 24.5 Å². The van der Waals surface area contributed by atoms with E-state index in [2.05, 4.69) is 10.2 Å². The molecular formula is C16H22Cl2N2O. The van der Waals surface area contributed by atoms with E-state index in [1.165, 1.54) is 38.8 Å². The van der Waals surface area contributed by atoms with Crippen LogP contribution in [0.1, 0.15) is 25.7 Å². The molecule has 2 saturated heterocycles. The van der Waals surface area contributed by atoms with E-state index in [0.29, 0.717) is 34.5 Å². The monoisotopic (exact) mass is 328 g/mol. The van der Waals surface area contributed by atoms with Crippen molar-refractivity contribution in [2.75, 3.05) is 26.2 Å². The highest BCUT2D eigenvalue weighted by atomic mass is 35.5. The van der Waals surface area contributed by atoms with E-state index in [9.17, 15) is 0 Å². The fourth-order valence-corrected chi connectivity index (χ4v) is 4.02. The van der Waals surface area contributed by atoms with Gasteiger partial charge in [0.1, 0.15) is 6.61 Å². The van der Waals surface area contributed by atoms with Crippen LogP contribution in [0.15, 0.2) is 18.2 Å². The zero-order valence-corrected chi connectivity index (χ0v) is 13.7. The van der Waals surface area contributed by atoms with Crippen molar-refractivity contribution in [2.24, 2.45) is 0 Å². The van der Waals surface area contributed by atoms with Gasteiger partial charge in [-0.25, -0.2) is 0 Å². The van der Waals surface area contributed by atoms with Gasteiger partial charge in [0, 0.05) is 18.6 Å². The van der Waals surface area contributed by atoms with Crippen LogP contribution in [0.25, 0.3) is 0 Å². The highest BCUT2D eigenvalue weighted by molar-refractivity contribution is 6.37. The Hall–Kier alpha value is -0.480. The van der Waals surface area contributed by atoms with Gasteiger partial charge in [-0.15, -0.1) is 0 Å². The third-order valence-corrected chi connectivity index (χ3v) is 5.12. The normalized spacial score (nSPS) is 26.4. The largest absolute Gasteiger partial charge is 0.489 e. The van der Waals surface area contributed by atoms with E-state index in [-0.39, 0.29) is 0 Å². The first kappa shape index (κ1) is 15.4. The van der Waals surface area contributed by atoms with Gasteiger partial charge in [0.2, 0.25) is 0 Å². The zero-order chi connectivity index (χ0) is 14.7. The van der Waals surface area contributed by atoms with Crippen molar-refractivity contribution in [3.63, 3.8) is 0 Å². The maximum Gasteiger partial charge on any atom is 0.156 e. The van der Waals surface area contributed by atoms with Crippen LogP contribution in [0.3, 0.4) is 0 Å². The summed E-state index contributed by atoms with van der Waals surface area (Å²) in [4.78, 5) is 2.55. The highest BCUT2D eigenvalue weighted by Crippen LogP contribution is 2.32. The summed E-state index contributed by atoms with van der Waals surface area (Å²) in [5.74, 6) is 0.607. The predicted molar refractivity (Wildman–Crippen MR) is 87.6 cm³/mol. The van der Waals surface area contributed by atoms with Crippen molar-refractivity contribution in [3.8, 4) is 5.75 Å². The minimum atomic E-state index is 0.581. The lowest BCUT2D eigenvalue weighted by Gasteiger charge is -2.29. The SMILES string of the molecule is Clc1cccc(Cl)c1OCCN1CCCC1C1CCCN1. The van der Waals surface area contributed by atoms with Crippen molar-refractivity contribution < 1.29 is 4.74 Å². The third kappa shape index (κ3) is 3.65. The van der Waals surface area contributed by atoms with Gasteiger partial charge in [-0.2, -0.15) is 0 Å². The van der Waals surface area contributed by atoms with E-state index in [0.717, 1.165) is 6.54 Å². The molecule has 2 fully saturated rings. The van der Waals surface area contributed by atoms with E-state index in [1.807, 2.05) is 18.2 Å². The molecule has 2 aliphatic heterocycles. The molecule has 0 aromatic heterocycles. The molecule has 2 aliphatic rings. The number of para-hydroxylation sites is 1. The van der Waals surface area contributed by atoms with Gasteiger partial charge in [0.05, 0.1) is 10.0 Å². The van der Waals surface area contributed by atoms with Gasteiger partial charge in [-0.05, 0) is 50.9 Å². The summed E-state index contributed by atoms with van der Waals surface area (Å²) in [7, 11) is 0. The summed E-state index contributed by atoms with van der Waals surface area (Å²) < 4.78 is 5.81. The van der Waals surface area contributed by atoms with E-state index >= 15 is 0 Å². The van der Waals surface area contributed by atoms with Gasteiger partial charge in [0.15, 0.2) is 5.75 Å². The molecule has 2 atom stereocenters. The Kier molecular flexibility index (Phi) is 5.28. The average Bonchev–Trinajstić information content (AvgIpc) is 3.12. The molecule has 0 amide bonds. The Labute approximate surface area is 136 Å². The van der Waals surface area contributed by atoms with Crippen LogP contribution in [0.4, 0.5) is 0 Å². The number of likely N-dealkylation sites (tertiary alicyclic amines) is 1. The van der Waals surface area contributed by atoms with Gasteiger partial charge < -0.3 is 10.1 Å². The first-order valence-electron chi connectivity index (χ1n) is 7.80. The van der Waals surface area contributed by atoms with Crippen molar-refractivity contribution in [3.05, 3.63) is 28.2 Å². The first-order valence-corrected chi connectivity index (χ1v) is 8.55. The number of hydrogen-bond acceptors (Lipinski definition) is 3. The summed E-state index contributed by atoms with van der Waals surface area (Å²) in [6.07, 6.45) is 5.19. The van der Waals surface area contributed by atoms with Crippen LogP contribution in [0.5, 0.6) is 5.75 Å². The number of nitrogens with one attached hydrogen (secondary N) is 1. The number of ether oxygens (including phenoxy) is 1. The van der Waals surface area contributed by atoms with Gasteiger partial charge in [-0.3, -0.25) is 4.90 Å². The van der Waals surface area contributed by atoms with Gasteiger partial charge in [-0.1, -0.05) is 29.3 Å². The lowest BCUT2D eigenvalue weighted by atomic mass is 10.0. The van der Waals surface area contributed by atoms with Crippen LogP contribution in [0.2, 0.25) is 10.0 Å². The van der Waals surface area contributed by atoms with Crippen molar-refractivity contribution >= 4 is 23.2 Å². The maximum absolute atomic E-state index is 6.12. The summed E-state index contributed by atoms with van der Waals surface area (Å²) in [5, 5.41) is 4.79. The molecule has 1 aromatic carbocycles. The molecule has 5 heteroatoms. The lowest BCUT2D eigenvalue weighted by molar-refractivity contribution is 0.174. The third-order valence-electron chi connectivity index (χ3n) is 4.52. The van der Waals surface area contributed by atoms with Crippen LogP contribution in [-0.2, 0) is 0 Å². The molecule has 0 aliphatic carbocycles. The number of rotatable bonds is 5. The molecule has 0 radical (unpaired) electrons. The Morgan fingerprint density at radius 1 is 1.19 bits per heavy atom. The Bertz CT molecular complexity index is 457. The fraction of sp³-hybridized carbons (Fsp3) is 0.625. The summed E-state index contributed by atoms with van der Waals surface area (Å²) in [6.45, 7) is 3.90. The number of hydrogen-bond donors (Lipinski definition) is 1. The summed E-state index contributed by atoms with van der Waals surface area (Å²) >= 11 is 12.2. The predicted octanol–water partition coefficient (Wildman–Crippen LogP) is 3.59. The summed E-state index contributed by atoms with van der Waals surface area (Å²) in [5.41, 5.74) is 0. The Morgan fingerprint density at radius 2 is 2.00 bits per heavy atom. The smallest absolute Gasteiger partial charge is 0.156 e. The average molecular weight is 329 g/mol. The minimum absolute atomic E-state index is 0.581. The van der Waals surface area contributed by atoms with E-state index in [4.69, 9.17) is 27.9 Å². The van der Waals surface area contributed by atoms with Crippen molar-refractivity contribution in [1.82, 2.24) is 10.2 Å². The van der Waals surface area contributed by atoms with E-state index < -0.39 is 0 Å². The zero-order valence-electron chi connectivity index (χ0n) is 12.2. The molecule has 3 nitrogen and oxygen atoms in total. The first-order chi connectivity index (χ1) is 10.3. The molecule has 1 aromatic rings. The molecule has 21 heavy (non-hydrogen) atoms.